The quantitative estimate of drug-likeness (QED) is 0.491. The number of ether oxygens (including phenoxy) is 1. The monoisotopic (exact) mass is 486 g/mol. The molecule has 34 heavy (non-hydrogen) atoms. The number of hydrogen-bond acceptors (Lipinski definition) is 5. The molecular formula is C24H20F2N2O5S. The third-order valence-corrected chi connectivity index (χ3v) is 6.65. The van der Waals surface area contributed by atoms with Crippen molar-refractivity contribution in [1.82, 2.24) is 0 Å². The van der Waals surface area contributed by atoms with Crippen LogP contribution in [-0.4, -0.2) is 26.9 Å². The highest BCUT2D eigenvalue weighted by molar-refractivity contribution is 7.92. The van der Waals surface area contributed by atoms with Crippen molar-refractivity contribution < 1.29 is 31.5 Å². The second-order valence-electron chi connectivity index (χ2n) is 7.72. The predicted octanol–water partition coefficient (Wildman–Crippen LogP) is 4.05. The molecule has 1 aliphatic rings. The summed E-state index contributed by atoms with van der Waals surface area (Å²) in [6, 6.07) is 13.2. The van der Waals surface area contributed by atoms with Crippen LogP contribution in [0.3, 0.4) is 0 Å². The molecule has 10 heteroatoms. The first-order valence-electron chi connectivity index (χ1n) is 10.4. The molecule has 0 fully saturated rings. The molecule has 0 aromatic heterocycles. The molecule has 3 aromatic carbocycles. The lowest BCUT2D eigenvalue weighted by atomic mass is 10.1. The molecule has 1 amide bonds. The fourth-order valence-corrected chi connectivity index (χ4v) is 4.69. The number of nitrogens with one attached hydrogen (secondary N) is 2. The van der Waals surface area contributed by atoms with E-state index in [1.807, 2.05) is 12.1 Å². The Morgan fingerprint density at radius 2 is 1.68 bits per heavy atom. The molecule has 0 spiro atoms. The van der Waals surface area contributed by atoms with E-state index in [0.717, 1.165) is 25.3 Å². The molecule has 176 valence electrons. The van der Waals surface area contributed by atoms with Crippen LogP contribution in [0.4, 0.5) is 20.2 Å². The van der Waals surface area contributed by atoms with E-state index in [-0.39, 0.29) is 11.3 Å². The Bertz CT molecular complexity index is 1380. The number of hydrogen-bond donors (Lipinski definition) is 2. The molecule has 0 atom stereocenters. The third kappa shape index (κ3) is 5.40. The van der Waals surface area contributed by atoms with Crippen LogP contribution in [0.1, 0.15) is 27.9 Å². The van der Waals surface area contributed by atoms with E-state index < -0.39 is 45.0 Å². The van der Waals surface area contributed by atoms with Gasteiger partial charge in [0.15, 0.2) is 18.2 Å². The normalized spacial score (nSPS) is 12.6. The van der Waals surface area contributed by atoms with Gasteiger partial charge in [-0.05, 0) is 78.9 Å². The summed E-state index contributed by atoms with van der Waals surface area (Å²) in [7, 11) is -4.23. The Hall–Kier alpha value is -3.79. The lowest BCUT2D eigenvalue weighted by Crippen LogP contribution is -2.21. The maximum Gasteiger partial charge on any atom is 0.338 e. The summed E-state index contributed by atoms with van der Waals surface area (Å²) in [4.78, 5) is 24.0. The molecule has 0 saturated carbocycles. The minimum atomic E-state index is -4.23. The number of sulfonamides is 1. The second kappa shape index (κ2) is 9.60. The zero-order valence-corrected chi connectivity index (χ0v) is 18.6. The molecule has 1 aliphatic carbocycles. The molecule has 0 unspecified atom stereocenters. The molecule has 0 heterocycles. The van der Waals surface area contributed by atoms with Crippen molar-refractivity contribution in [2.45, 2.75) is 24.2 Å². The number of amides is 1. The average Bonchev–Trinajstić information content (AvgIpc) is 3.27. The Morgan fingerprint density at radius 1 is 0.882 bits per heavy atom. The van der Waals surface area contributed by atoms with Crippen LogP contribution in [0.25, 0.3) is 0 Å². The van der Waals surface area contributed by atoms with E-state index in [4.69, 9.17) is 4.74 Å². The number of fused-ring (bicyclic) bond motifs is 1. The van der Waals surface area contributed by atoms with Gasteiger partial charge in [0.05, 0.1) is 10.5 Å². The average molecular weight is 486 g/mol. The molecule has 4 rings (SSSR count). The molecule has 0 radical (unpaired) electrons. The van der Waals surface area contributed by atoms with Crippen LogP contribution in [-0.2, 0) is 32.4 Å². The van der Waals surface area contributed by atoms with Crippen molar-refractivity contribution in [3.05, 3.63) is 89.0 Å². The maximum atomic E-state index is 13.4. The van der Waals surface area contributed by atoms with Crippen molar-refractivity contribution in [2.75, 3.05) is 16.6 Å². The summed E-state index contributed by atoms with van der Waals surface area (Å²) in [5, 5.41) is 2.68. The van der Waals surface area contributed by atoms with E-state index in [0.29, 0.717) is 17.8 Å². The van der Waals surface area contributed by atoms with Gasteiger partial charge in [0.25, 0.3) is 15.9 Å². The predicted molar refractivity (Wildman–Crippen MR) is 121 cm³/mol. The van der Waals surface area contributed by atoms with E-state index in [9.17, 15) is 26.8 Å². The molecule has 7 nitrogen and oxygen atoms in total. The van der Waals surface area contributed by atoms with E-state index in [1.54, 1.807) is 6.07 Å². The fourth-order valence-electron chi connectivity index (χ4n) is 3.63. The minimum Gasteiger partial charge on any atom is -0.452 e. The number of carbonyl (C=O) groups excluding carboxylic acids is 2. The van der Waals surface area contributed by atoms with Crippen LogP contribution < -0.4 is 10.0 Å². The maximum absolute atomic E-state index is 13.4. The first kappa shape index (κ1) is 23.4. The van der Waals surface area contributed by atoms with Gasteiger partial charge in [0.1, 0.15) is 0 Å². The van der Waals surface area contributed by atoms with Gasteiger partial charge in [0.2, 0.25) is 0 Å². The van der Waals surface area contributed by atoms with Gasteiger partial charge in [0, 0.05) is 11.4 Å². The van der Waals surface area contributed by atoms with Crippen LogP contribution in [0.5, 0.6) is 0 Å². The van der Waals surface area contributed by atoms with Crippen molar-refractivity contribution in [3.8, 4) is 0 Å². The highest BCUT2D eigenvalue weighted by Gasteiger charge is 2.18. The summed E-state index contributed by atoms with van der Waals surface area (Å²) in [6.07, 6.45) is 3.07. The Morgan fingerprint density at radius 3 is 2.47 bits per heavy atom. The van der Waals surface area contributed by atoms with Crippen molar-refractivity contribution in [2.24, 2.45) is 0 Å². The van der Waals surface area contributed by atoms with Gasteiger partial charge in [-0.15, -0.1) is 0 Å². The molecule has 0 saturated heterocycles. The number of carbonyl (C=O) groups is 2. The van der Waals surface area contributed by atoms with E-state index in [2.05, 4.69) is 10.0 Å². The van der Waals surface area contributed by atoms with Gasteiger partial charge < -0.3 is 10.1 Å². The van der Waals surface area contributed by atoms with Crippen molar-refractivity contribution >= 4 is 33.3 Å². The fraction of sp³-hybridized carbons (Fsp3) is 0.167. The lowest BCUT2D eigenvalue weighted by Gasteiger charge is -2.10. The van der Waals surface area contributed by atoms with Crippen LogP contribution in [0.15, 0.2) is 65.6 Å². The van der Waals surface area contributed by atoms with Gasteiger partial charge in [-0.1, -0.05) is 12.1 Å². The number of anilines is 2. The first-order valence-corrected chi connectivity index (χ1v) is 11.9. The zero-order valence-electron chi connectivity index (χ0n) is 17.8. The van der Waals surface area contributed by atoms with Gasteiger partial charge in [-0.3, -0.25) is 9.52 Å². The minimum absolute atomic E-state index is 0.00164. The third-order valence-electron chi connectivity index (χ3n) is 5.27. The van der Waals surface area contributed by atoms with Crippen molar-refractivity contribution in [1.29, 1.82) is 0 Å². The molecular weight excluding hydrogens is 466 g/mol. The lowest BCUT2D eigenvalue weighted by molar-refractivity contribution is -0.119. The number of aryl methyl sites for hydroxylation is 2. The first-order chi connectivity index (χ1) is 16.2. The van der Waals surface area contributed by atoms with Crippen LogP contribution in [0.2, 0.25) is 0 Å². The highest BCUT2D eigenvalue weighted by Crippen LogP contribution is 2.25. The molecule has 2 N–H and O–H groups in total. The van der Waals surface area contributed by atoms with Gasteiger partial charge in [-0.25, -0.2) is 22.0 Å². The number of halogens is 2. The standard InChI is InChI=1S/C24H20F2N2O5S/c25-21-10-9-20(13-22(21)26)34(31,32)28-19-6-2-5-17(12-19)24(30)33-14-23(29)27-18-8-7-15-3-1-4-16(15)11-18/h2,5-13,28H,1,3-4,14H2,(H,27,29). The summed E-state index contributed by atoms with van der Waals surface area (Å²) in [6.45, 7) is -0.527. The number of benzene rings is 3. The largest absolute Gasteiger partial charge is 0.452 e. The Kier molecular flexibility index (Phi) is 6.60. The summed E-state index contributed by atoms with van der Waals surface area (Å²) < 4.78 is 58.6. The summed E-state index contributed by atoms with van der Waals surface area (Å²) in [5.74, 6) is -3.83. The smallest absolute Gasteiger partial charge is 0.338 e. The molecule has 0 aliphatic heterocycles. The van der Waals surface area contributed by atoms with Crippen molar-refractivity contribution in [3.63, 3.8) is 0 Å². The Balaban J connectivity index is 1.36. The summed E-state index contributed by atoms with van der Waals surface area (Å²) >= 11 is 0. The molecule has 0 bridgehead atoms. The van der Waals surface area contributed by atoms with Crippen LogP contribution in [0, 0.1) is 11.6 Å². The van der Waals surface area contributed by atoms with Gasteiger partial charge >= 0.3 is 5.97 Å². The van der Waals surface area contributed by atoms with Crippen LogP contribution >= 0.6 is 0 Å². The van der Waals surface area contributed by atoms with E-state index in [1.165, 1.54) is 35.4 Å². The number of esters is 1. The molecule has 3 aromatic rings. The SMILES string of the molecule is O=C(COC(=O)c1cccc(NS(=O)(=O)c2ccc(F)c(F)c2)c1)Nc1ccc2c(c1)CCC2. The van der Waals surface area contributed by atoms with Gasteiger partial charge in [-0.2, -0.15) is 0 Å². The topological polar surface area (TPSA) is 102 Å². The Labute approximate surface area is 194 Å². The number of rotatable bonds is 7. The summed E-state index contributed by atoms with van der Waals surface area (Å²) in [5.41, 5.74) is 3.08. The highest BCUT2D eigenvalue weighted by atomic mass is 32.2. The zero-order chi connectivity index (χ0) is 24.3. The second-order valence-corrected chi connectivity index (χ2v) is 9.41. The van der Waals surface area contributed by atoms with E-state index >= 15 is 0 Å².